The molecule has 0 aliphatic carbocycles. The third-order valence-electron chi connectivity index (χ3n) is 3.49. The molecule has 1 aromatic heterocycles. The van der Waals surface area contributed by atoms with Crippen molar-refractivity contribution < 1.29 is 9.53 Å². The van der Waals surface area contributed by atoms with Crippen molar-refractivity contribution in [2.24, 2.45) is 0 Å². The first-order chi connectivity index (χ1) is 14.1. The summed E-state index contributed by atoms with van der Waals surface area (Å²) in [5.41, 5.74) is 0.686. The molecule has 0 radical (unpaired) electrons. The smallest absolute Gasteiger partial charge is 0.234 e. The molecule has 10 heteroatoms. The number of H-pyrrole nitrogens is 1. The SMILES string of the molecule is N#CCSc1ccccc1NC(=O)CSc1n[nH]c(COc2ccc(Cl)cc2)n1. The highest BCUT2D eigenvalue weighted by Crippen LogP contribution is 2.27. The molecule has 148 valence electrons. The van der Waals surface area contributed by atoms with E-state index in [4.69, 9.17) is 21.6 Å². The minimum atomic E-state index is -0.177. The van der Waals surface area contributed by atoms with Gasteiger partial charge in [-0.05, 0) is 36.4 Å². The van der Waals surface area contributed by atoms with E-state index in [0.29, 0.717) is 33.2 Å². The molecule has 1 heterocycles. The number of nitrogens with zero attached hydrogens (tertiary/aromatic N) is 3. The van der Waals surface area contributed by atoms with Crippen molar-refractivity contribution in [1.82, 2.24) is 15.2 Å². The summed E-state index contributed by atoms with van der Waals surface area (Å²) >= 11 is 8.44. The number of halogens is 1. The topological polar surface area (TPSA) is 104 Å². The summed E-state index contributed by atoms with van der Waals surface area (Å²) in [6.07, 6.45) is 0. The van der Waals surface area contributed by atoms with Crippen LogP contribution in [0, 0.1) is 11.3 Å². The molecule has 29 heavy (non-hydrogen) atoms. The second-order valence-corrected chi connectivity index (χ2v) is 7.98. The first-order valence-electron chi connectivity index (χ1n) is 8.45. The molecular weight excluding hydrogens is 430 g/mol. The summed E-state index contributed by atoms with van der Waals surface area (Å²) in [5, 5.41) is 19.6. The Bertz CT molecular complexity index is 1000. The number of carbonyl (C=O) groups excluding carboxylic acids is 1. The lowest BCUT2D eigenvalue weighted by Crippen LogP contribution is -2.14. The van der Waals surface area contributed by atoms with E-state index >= 15 is 0 Å². The number of hydrogen-bond donors (Lipinski definition) is 2. The van der Waals surface area contributed by atoms with Crippen molar-refractivity contribution in [1.29, 1.82) is 5.26 Å². The van der Waals surface area contributed by atoms with Gasteiger partial charge in [0.25, 0.3) is 0 Å². The number of aromatic nitrogens is 3. The predicted octanol–water partition coefficient (Wildman–Crippen LogP) is 4.38. The van der Waals surface area contributed by atoms with E-state index in [9.17, 15) is 4.79 Å². The maximum absolute atomic E-state index is 12.2. The molecule has 0 atom stereocenters. The zero-order chi connectivity index (χ0) is 20.5. The normalized spacial score (nSPS) is 10.3. The molecule has 0 saturated carbocycles. The molecular formula is C19H16ClN5O2S2. The first-order valence-corrected chi connectivity index (χ1v) is 10.8. The summed E-state index contributed by atoms with van der Waals surface area (Å²) in [7, 11) is 0. The fourth-order valence-corrected chi connectivity index (χ4v) is 3.62. The molecule has 7 nitrogen and oxygen atoms in total. The van der Waals surface area contributed by atoms with Crippen molar-refractivity contribution >= 4 is 46.7 Å². The average molecular weight is 446 g/mol. The van der Waals surface area contributed by atoms with Gasteiger partial charge in [-0.1, -0.05) is 35.5 Å². The number of carbonyl (C=O) groups is 1. The van der Waals surface area contributed by atoms with Gasteiger partial charge >= 0.3 is 0 Å². The Morgan fingerprint density at radius 2 is 2.00 bits per heavy atom. The fraction of sp³-hybridized carbons (Fsp3) is 0.158. The molecule has 0 saturated heterocycles. The summed E-state index contributed by atoms with van der Waals surface area (Å²) in [5.74, 6) is 1.53. The van der Waals surface area contributed by atoms with E-state index in [2.05, 4.69) is 26.6 Å². The molecule has 0 bridgehead atoms. The van der Waals surface area contributed by atoms with Gasteiger partial charge < -0.3 is 10.1 Å². The summed E-state index contributed by atoms with van der Waals surface area (Å²) in [6.45, 7) is 0.227. The lowest BCUT2D eigenvalue weighted by molar-refractivity contribution is -0.113. The Morgan fingerprint density at radius 1 is 1.21 bits per heavy atom. The molecule has 3 rings (SSSR count). The molecule has 0 spiro atoms. The molecule has 0 aliphatic heterocycles. The van der Waals surface area contributed by atoms with E-state index in [1.807, 2.05) is 18.2 Å². The maximum atomic E-state index is 12.2. The van der Waals surface area contributed by atoms with Crippen molar-refractivity contribution in [3.05, 3.63) is 59.4 Å². The number of thioether (sulfide) groups is 2. The Balaban J connectivity index is 1.47. The van der Waals surface area contributed by atoms with E-state index in [0.717, 1.165) is 4.90 Å². The molecule has 1 amide bonds. The number of nitriles is 1. The summed E-state index contributed by atoms with van der Waals surface area (Å²) < 4.78 is 5.60. The second-order valence-electron chi connectivity index (χ2n) is 5.59. The maximum Gasteiger partial charge on any atom is 0.234 e. The van der Waals surface area contributed by atoms with Gasteiger partial charge in [0.05, 0.1) is 23.3 Å². The van der Waals surface area contributed by atoms with Crippen LogP contribution >= 0.6 is 35.1 Å². The van der Waals surface area contributed by atoms with Gasteiger partial charge in [0.1, 0.15) is 12.4 Å². The van der Waals surface area contributed by atoms with Crippen molar-refractivity contribution in [3.63, 3.8) is 0 Å². The molecule has 0 aliphatic rings. The van der Waals surface area contributed by atoms with Crippen LogP contribution in [0.3, 0.4) is 0 Å². The number of nitrogens with one attached hydrogen (secondary N) is 2. The van der Waals surface area contributed by atoms with Crippen molar-refractivity contribution in [3.8, 4) is 11.8 Å². The van der Waals surface area contributed by atoms with Gasteiger partial charge in [0.2, 0.25) is 11.1 Å². The highest BCUT2D eigenvalue weighted by Gasteiger charge is 2.10. The van der Waals surface area contributed by atoms with Crippen LogP contribution < -0.4 is 10.1 Å². The van der Waals surface area contributed by atoms with Crippen LogP contribution in [0.2, 0.25) is 5.02 Å². The number of aromatic amines is 1. The van der Waals surface area contributed by atoms with Gasteiger partial charge in [-0.3, -0.25) is 9.89 Å². The van der Waals surface area contributed by atoms with Crippen LogP contribution in [0.1, 0.15) is 5.82 Å². The summed E-state index contributed by atoms with van der Waals surface area (Å²) in [4.78, 5) is 17.4. The molecule has 0 fully saturated rings. The monoisotopic (exact) mass is 445 g/mol. The van der Waals surface area contributed by atoms with Crippen molar-refractivity contribution in [2.75, 3.05) is 16.8 Å². The molecule has 0 unspecified atom stereocenters. The number of amides is 1. The Hall–Kier alpha value is -2.67. The fourth-order valence-electron chi connectivity index (χ4n) is 2.21. The zero-order valence-electron chi connectivity index (χ0n) is 15.1. The van der Waals surface area contributed by atoms with Gasteiger partial charge in [-0.25, -0.2) is 4.98 Å². The zero-order valence-corrected chi connectivity index (χ0v) is 17.5. The standard InChI is InChI=1S/C19H16ClN5O2S2/c20-13-5-7-14(8-6-13)27-11-17-23-19(25-24-17)29-12-18(26)22-15-3-1-2-4-16(15)28-10-9-21/h1-8H,10-12H2,(H,22,26)(H,23,24,25). The van der Waals surface area contributed by atoms with Crippen LogP contribution in [0.25, 0.3) is 0 Å². The third kappa shape index (κ3) is 6.71. The number of benzene rings is 2. The molecule has 3 aromatic rings. The van der Waals surface area contributed by atoms with E-state index in [1.165, 1.54) is 23.5 Å². The Kier molecular flexibility index (Phi) is 7.81. The quantitative estimate of drug-likeness (QED) is 0.471. The van der Waals surface area contributed by atoms with E-state index in [1.54, 1.807) is 30.3 Å². The largest absolute Gasteiger partial charge is 0.486 e. The lowest BCUT2D eigenvalue weighted by Gasteiger charge is -2.08. The van der Waals surface area contributed by atoms with Gasteiger partial charge in [0.15, 0.2) is 5.82 Å². The number of hydrogen-bond acceptors (Lipinski definition) is 7. The van der Waals surface area contributed by atoms with Crippen LogP contribution in [0.15, 0.2) is 58.6 Å². The average Bonchev–Trinajstić information content (AvgIpc) is 3.19. The number of anilines is 1. The minimum Gasteiger partial charge on any atom is -0.486 e. The van der Waals surface area contributed by atoms with Gasteiger partial charge in [-0.15, -0.1) is 16.9 Å². The Labute approximate surface area is 181 Å². The number of ether oxygens (including phenoxy) is 1. The van der Waals surface area contributed by atoms with E-state index in [-0.39, 0.29) is 18.3 Å². The van der Waals surface area contributed by atoms with Crippen LogP contribution in [-0.4, -0.2) is 32.6 Å². The van der Waals surface area contributed by atoms with Crippen LogP contribution in [0.5, 0.6) is 5.75 Å². The molecule has 2 aromatic carbocycles. The minimum absolute atomic E-state index is 0.159. The predicted molar refractivity (Wildman–Crippen MR) is 114 cm³/mol. The molecule has 2 N–H and O–H groups in total. The van der Waals surface area contributed by atoms with Gasteiger partial charge in [-0.2, -0.15) is 5.26 Å². The number of para-hydroxylation sites is 1. The highest BCUT2D eigenvalue weighted by molar-refractivity contribution is 8.00. The summed E-state index contributed by atoms with van der Waals surface area (Å²) in [6, 6.07) is 16.5. The van der Waals surface area contributed by atoms with Crippen LogP contribution in [-0.2, 0) is 11.4 Å². The highest BCUT2D eigenvalue weighted by atomic mass is 35.5. The first kappa shape index (κ1) is 21.0. The van der Waals surface area contributed by atoms with Crippen LogP contribution in [0.4, 0.5) is 5.69 Å². The lowest BCUT2D eigenvalue weighted by atomic mass is 10.3. The number of rotatable bonds is 9. The van der Waals surface area contributed by atoms with Gasteiger partial charge in [0, 0.05) is 9.92 Å². The van der Waals surface area contributed by atoms with E-state index < -0.39 is 0 Å². The third-order valence-corrected chi connectivity index (χ3v) is 5.53. The Morgan fingerprint density at radius 3 is 2.79 bits per heavy atom. The van der Waals surface area contributed by atoms with Crippen molar-refractivity contribution in [2.45, 2.75) is 16.7 Å². The second kappa shape index (κ2) is 10.8.